The fourth-order valence-corrected chi connectivity index (χ4v) is 1.91. The molecule has 0 saturated carbocycles. The summed E-state index contributed by atoms with van der Waals surface area (Å²) in [5.41, 5.74) is 0. The number of nitrogens with zero attached hydrogens (tertiary/aromatic N) is 2. The molecule has 0 aromatic heterocycles. The first-order valence-electron chi connectivity index (χ1n) is 6.43. The normalized spacial score (nSPS) is 14.2. The maximum absolute atomic E-state index is 10.3. The largest absolute Gasteiger partial charge is 0.542 e. The van der Waals surface area contributed by atoms with Gasteiger partial charge in [-0.05, 0) is 5.92 Å². The Bertz CT molecular complexity index is 376. The first-order valence-corrected chi connectivity index (χ1v) is 7.48. The Morgan fingerprint density at radius 2 is 1.50 bits per heavy atom. The van der Waals surface area contributed by atoms with Crippen molar-refractivity contribution in [3.8, 4) is 0 Å². The number of hydrogen-bond acceptors (Lipinski definition) is 7. The summed E-state index contributed by atoms with van der Waals surface area (Å²) in [5.74, 6) is -0.161. The summed E-state index contributed by atoms with van der Waals surface area (Å²) in [6.45, 7) is 6.70. The third-order valence-electron chi connectivity index (χ3n) is 3.04. The van der Waals surface area contributed by atoms with Gasteiger partial charge in [0.15, 0.2) is 6.04 Å². The van der Waals surface area contributed by atoms with Gasteiger partial charge in [-0.2, -0.15) is 6.42 Å². The molecule has 0 bridgehead atoms. The molecule has 0 aliphatic carbocycles. The van der Waals surface area contributed by atoms with Crippen LogP contribution in [-0.2, 0) is 75.0 Å². The number of thioether (sulfide) groups is 1. The average Bonchev–Trinajstić information content (AvgIpc) is 2.49. The Morgan fingerprint density at radius 1 is 1.04 bits per heavy atom. The van der Waals surface area contributed by atoms with Gasteiger partial charge in [0, 0.05) is 87.4 Å². The van der Waals surface area contributed by atoms with E-state index >= 15 is 0 Å². The van der Waals surface area contributed by atoms with Crippen LogP contribution in [0.25, 0.3) is 0 Å². The SMILES string of the molecule is [CH2-]CC(C)C(C[C-]=O)[N+](=O)[O-].[CH2-]SC(C[C-]=O)C(C)[N+](=O)[O-].[Y].[Y]. The molecule has 0 aliphatic heterocycles. The second kappa shape index (κ2) is 20.0. The van der Waals surface area contributed by atoms with Crippen molar-refractivity contribution in [3.05, 3.63) is 33.4 Å². The quantitative estimate of drug-likeness (QED) is 0.251. The molecule has 0 fully saturated rings. The first kappa shape index (κ1) is 32.4. The van der Waals surface area contributed by atoms with Gasteiger partial charge in [-0.3, -0.25) is 39.1 Å². The van der Waals surface area contributed by atoms with Gasteiger partial charge >= 0.3 is 0 Å². The molecule has 0 aromatic rings. The van der Waals surface area contributed by atoms with E-state index in [1.54, 1.807) is 19.5 Å². The van der Waals surface area contributed by atoms with Crippen LogP contribution in [0.5, 0.6) is 0 Å². The van der Waals surface area contributed by atoms with Crippen molar-refractivity contribution in [2.45, 2.75) is 50.4 Å². The number of carbonyl (C=O) groups excluding carboxylic acids is 2. The molecule has 11 heteroatoms. The maximum Gasteiger partial charge on any atom is 0.217 e. The van der Waals surface area contributed by atoms with Crippen molar-refractivity contribution >= 4 is 24.3 Å². The van der Waals surface area contributed by atoms with Crippen molar-refractivity contribution in [1.29, 1.82) is 0 Å². The molecule has 4 atom stereocenters. The topological polar surface area (TPSA) is 120 Å². The van der Waals surface area contributed by atoms with Gasteiger partial charge < -0.3 is 28.3 Å². The Hall–Kier alpha value is 0.698. The Morgan fingerprint density at radius 3 is 1.75 bits per heavy atom. The Labute approximate surface area is 197 Å². The summed E-state index contributed by atoms with van der Waals surface area (Å²) < 4.78 is 0. The molecule has 8 nitrogen and oxygen atoms in total. The molecular formula is C13H20N2O6SY2-4. The van der Waals surface area contributed by atoms with Crippen LogP contribution >= 0.6 is 11.8 Å². The number of rotatable bonds is 10. The van der Waals surface area contributed by atoms with E-state index in [2.05, 4.69) is 13.2 Å². The Kier molecular flexibility index (Phi) is 27.0. The first-order chi connectivity index (χ1) is 10.3. The van der Waals surface area contributed by atoms with Gasteiger partial charge in [0.05, 0.1) is 0 Å². The van der Waals surface area contributed by atoms with E-state index in [9.17, 15) is 29.8 Å². The van der Waals surface area contributed by atoms with Gasteiger partial charge in [0.2, 0.25) is 6.04 Å². The molecule has 0 aliphatic rings. The fraction of sp³-hybridized carbons (Fsp3) is 0.692. The molecular weight excluding hydrogens is 490 g/mol. The second-order valence-electron chi connectivity index (χ2n) is 4.55. The smallest absolute Gasteiger partial charge is 0.217 e. The van der Waals surface area contributed by atoms with Crippen molar-refractivity contribution < 1.29 is 84.9 Å². The molecule has 0 amide bonds. The van der Waals surface area contributed by atoms with E-state index in [0.717, 1.165) is 11.8 Å². The molecule has 0 rings (SSSR count). The minimum absolute atomic E-state index is 0. The molecule has 24 heavy (non-hydrogen) atoms. The van der Waals surface area contributed by atoms with Crippen LogP contribution in [0.1, 0.15) is 33.1 Å². The van der Waals surface area contributed by atoms with Crippen molar-refractivity contribution in [1.82, 2.24) is 0 Å². The van der Waals surface area contributed by atoms with Crippen LogP contribution < -0.4 is 0 Å². The zero-order valence-corrected chi connectivity index (χ0v) is 20.2. The number of nitro groups is 2. The monoisotopic (exact) mass is 510 g/mol. The summed E-state index contributed by atoms with van der Waals surface area (Å²) in [6.07, 6.45) is 7.02. The summed E-state index contributed by atoms with van der Waals surface area (Å²) in [4.78, 5) is 39.4. The van der Waals surface area contributed by atoms with Gasteiger partial charge in [-0.25, -0.2) is 0 Å². The van der Waals surface area contributed by atoms with Crippen LogP contribution in [-0.4, -0.2) is 39.8 Å². The maximum atomic E-state index is 10.3. The van der Waals surface area contributed by atoms with Crippen LogP contribution in [0.2, 0.25) is 0 Å². The van der Waals surface area contributed by atoms with Gasteiger partial charge in [-0.15, -0.1) is 6.42 Å². The summed E-state index contributed by atoms with van der Waals surface area (Å²) in [7, 11) is 0. The molecule has 2 radical (unpaired) electrons. The van der Waals surface area contributed by atoms with Crippen LogP contribution in [0.15, 0.2) is 0 Å². The molecule has 0 heterocycles. The predicted molar refractivity (Wildman–Crippen MR) is 83.7 cm³/mol. The summed E-state index contributed by atoms with van der Waals surface area (Å²) in [5, 5.41) is 20.1. The zero-order chi connectivity index (χ0) is 17.7. The molecule has 0 N–H and O–H groups in total. The van der Waals surface area contributed by atoms with E-state index in [1.807, 2.05) is 0 Å². The third kappa shape index (κ3) is 15.0. The molecule has 0 saturated heterocycles. The molecule has 0 aromatic carbocycles. The predicted octanol–water partition coefficient (Wildman–Crippen LogP) is 2.03. The van der Waals surface area contributed by atoms with E-state index in [-0.39, 0.29) is 89.4 Å². The molecule has 0 spiro atoms. The summed E-state index contributed by atoms with van der Waals surface area (Å²) >= 11 is 1.08. The van der Waals surface area contributed by atoms with Crippen molar-refractivity contribution in [2.75, 3.05) is 0 Å². The van der Waals surface area contributed by atoms with Gasteiger partial charge in [0.1, 0.15) is 0 Å². The second-order valence-corrected chi connectivity index (χ2v) is 5.49. The van der Waals surface area contributed by atoms with E-state index in [1.165, 1.54) is 6.92 Å². The molecule has 4 unspecified atom stereocenters. The fourth-order valence-electron chi connectivity index (χ4n) is 1.35. The van der Waals surface area contributed by atoms with Crippen molar-refractivity contribution in [2.24, 2.45) is 5.92 Å². The van der Waals surface area contributed by atoms with E-state index in [4.69, 9.17) is 0 Å². The van der Waals surface area contributed by atoms with E-state index < -0.39 is 21.9 Å². The Balaban J connectivity index is -0.000000154. The standard InChI is InChI=1S/C7H11NO3.C6H9NO3S.2Y/c1-3-6(2)7(4-5-9)8(10)11;1-5(7(9)10)6(11-2)3-4-8;;/h6-7H,1,3-4H2,2H3;5-6H,2-3H2,1H3;;/q2*-2;;. The average molecular weight is 510 g/mol. The minimum Gasteiger partial charge on any atom is -0.542 e. The van der Waals surface area contributed by atoms with E-state index in [0.29, 0.717) is 6.42 Å². The van der Waals surface area contributed by atoms with Crippen LogP contribution in [0.3, 0.4) is 0 Å². The van der Waals surface area contributed by atoms with Crippen molar-refractivity contribution in [3.63, 3.8) is 0 Å². The van der Waals surface area contributed by atoms with Crippen LogP contribution in [0, 0.1) is 39.3 Å². The minimum atomic E-state index is -0.815. The van der Waals surface area contributed by atoms with Gasteiger partial charge in [0.25, 0.3) is 0 Å². The zero-order valence-electron chi connectivity index (χ0n) is 13.8. The number of hydrogen-bond donors (Lipinski definition) is 0. The van der Waals surface area contributed by atoms with Gasteiger partial charge in [-0.1, -0.05) is 13.3 Å². The summed E-state index contributed by atoms with van der Waals surface area (Å²) in [6, 6.07) is -1.55. The van der Waals surface area contributed by atoms with Crippen LogP contribution in [0.4, 0.5) is 0 Å². The molecule has 134 valence electrons. The third-order valence-corrected chi connectivity index (χ3v) is 4.03.